The van der Waals surface area contributed by atoms with Gasteiger partial charge in [-0.15, -0.1) is 0 Å². The highest BCUT2D eigenvalue weighted by Gasteiger charge is 2.32. The van der Waals surface area contributed by atoms with Crippen molar-refractivity contribution >= 4 is 26.6 Å². The maximum absolute atomic E-state index is 11.7. The van der Waals surface area contributed by atoms with Crippen LogP contribution in [0, 0.1) is 0 Å². The maximum atomic E-state index is 11.7. The molecule has 0 aromatic carbocycles. The predicted molar refractivity (Wildman–Crippen MR) is 60.3 cm³/mol. The number of amidine groups is 1. The van der Waals surface area contributed by atoms with Crippen LogP contribution in [-0.2, 0) is 9.84 Å². The van der Waals surface area contributed by atoms with Crippen molar-refractivity contribution in [3.05, 3.63) is 10.6 Å². The molecule has 0 bridgehead atoms. The quantitative estimate of drug-likeness (QED) is 0.656. The maximum Gasteiger partial charge on any atom is 0.252 e. The minimum Gasteiger partial charge on any atom is -0.347 e. The standard InChI is InChI=1S/C9H13ClN2O2S/c10-8-7-11-9(15(8,13)14)12-5-3-1-2-4-6-12/h7H,1-6H2. The van der Waals surface area contributed by atoms with Gasteiger partial charge in [-0.25, -0.2) is 13.4 Å². The normalized spacial score (nSPS) is 25.8. The summed E-state index contributed by atoms with van der Waals surface area (Å²) in [5, 5.41) is 0.134. The van der Waals surface area contributed by atoms with Crippen LogP contribution in [-0.4, -0.2) is 31.6 Å². The van der Waals surface area contributed by atoms with E-state index in [0.29, 0.717) is 0 Å². The Hall–Kier alpha value is -0.550. The molecule has 0 aliphatic carbocycles. The minimum atomic E-state index is -3.48. The molecule has 2 heterocycles. The van der Waals surface area contributed by atoms with Gasteiger partial charge in [-0.3, -0.25) is 0 Å². The Labute approximate surface area is 94.5 Å². The third-order valence-electron chi connectivity index (χ3n) is 2.65. The molecule has 2 aliphatic heterocycles. The molecule has 1 saturated heterocycles. The monoisotopic (exact) mass is 248 g/mol. The molecule has 15 heavy (non-hydrogen) atoms. The van der Waals surface area contributed by atoms with Crippen molar-refractivity contribution in [1.82, 2.24) is 4.90 Å². The van der Waals surface area contributed by atoms with Crippen molar-refractivity contribution in [3.8, 4) is 0 Å². The van der Waals surface area contributed by atoms with Crippen LogP contribution < -0.4 is 0 Å². The second-order valence-corrected chi connectivity index (χ2v) is 6.19. The average molecular weight is 249 g/mol. The lowest BCUT2D eigenvalue weighted by atomic mass is 10.2. The zero-order valence-electron chi connectivity index (χ0n) is 8.32. The van der Waals surface area contributed by atoms with Gasteiger partial charge in [0.1, 0.15) is 0 Å². The van der Waals surface area contributed by atoms with Crippen LogP contribution in [0.3, 0.4) is 0 Å². The van der Waals surface area contributed by atoms with Crippen LogP contribution in [0.5, 0.6) is 0 Å². The molecule has 4 nitrogen and oxygen atoms in total. The van der Waals surface area contributed by atoms with Gasteiger partial charge in [-0.1, -0.05) is 24.4 Å². The first-order valence-corrected chi connectivity index (χ1v) is 6.92. The molecule has 0 radical (unpaired) electrons. The molecular weight excluding hydrogens is 236 g/mol. The fraction of sp³-hybridized carbons (Fsp3) is 0.667. The molecule has 0 N–H and O–H groups in total. The van der Waals surface area contributed by atoms with Crippen molar-refractivity contribution in [3.63, 3.8) is 0 Å². The summed E-state index contributed by atoms with van der Waals surface area (Å²) < 4.78 is 23.3. The molecule has 0 spiro atoms. The van der Waals surface area contributed by atoms with E-state index in [1.54, 1.807) is 0 Å². The third-order valence-corrected chi connectivity index (χ3v) is 4.82. The van der Waals surface area contributed by atoms with E-state index in [0.717, 1.165) is 38.8 Å². The summed E-state index contributed by atoms with van der Waals surface area (Å²) in [5.74, 6) is 0. The van der Waals surface area contributed by atoms with Crippen LogP contribution in [0.15, 0.2) is 15.6 Å². The first kappa shape index (κ1) is 11.0. The van der Waals surface area contributed by atoms with Crippen molar-refractivity contribution in [2.45, 2.75) is 25.7 Å². The summed E-state index contributed by atoms with van der Waals surface area (Å²) in [6, 6.07) is 0. The molecule has 0 amide bonds. The molecule has 0 saturated carbocycles. The molecule has 1 fully saturated rings. The second kappa shape index (κ2) is 4.14. The molecule has 84 valence electrons. The molecule has 0 aromatic heterocycles. The van der Waals surface area contributed by atoms with E-state index >= 15 is 0 Å². The van der Waals surface area contributed by atoms with Gasteiger partial charge in [0.2, 0.25) is 5.17 Å². The molecule has 0 atom stereocenters. The molecule has 2 aliphatic rings. The highest BCUT2D eigenvalue weighted by atomic mass is 35.5. The van der Waals surface area contributed by atoms with Crippen LogP contribution in [0.2, 0.25) is 0 Å². The molecule has 2 rings (SSSR count). The minimum absolute atomic E-state index is 0.134. The topological polar surface area (TPSA) is 49.7 Å². The highest BCUT2D eigenvalue weighted by Crippen LogP contribution is 2.24. The summed E-state index contributed by atoms with van der Waals surface area (Å²) in [7, 11) is -3.48. The largest absolute Gasteiger partial charge is 0.347 e. The summed E-state index contributed by atoms with van der Waals surface area (Å²) >= 11 is 5.59. The van der Waals surface area contributed by atoms with Gasteiger partial charge >= 0.3 is 0 Å². The number of likely N-dealkylation sites (tertiary alicyclic amines) is 1. The number of hydrogen-bond donors (Lipinski definition) is 0. The Bertz CT molecular complexity index is 406. The van der Waals surface area contributed by atoms with E-state index in [1.165, 1.54) is 6.20 Å². The fourth-order valence-corrected chi connectivity index (χ4v) is 3.18. The van der Waals surface area contributed by atoms with Gasteiger partial charge in [-0.2, -0.15) is 0 Å². The van der Waals surface area contributed by atoms with Gasteiger partial charge < -0.3 is 4.90 Å². The van der Waals surface area contributed by atoms with E-state index in [4.69, 9.17) is 11.6 Å². The molecular formula is C9H13ClN2O2S. The summed E-state index contributed by atoms with van der Waals surface area (Å²) in [4.78, 5) is 5.72. The van der Waals surface area contributed by atoms with Crippen LogP contribution in [0.4, 0.5) is 0 Å². The lowest BCUT2D eigenvalue weighted by Crippen LogP contribution is -2.35. The summed E-state index contributed by atoms with van der Waals surface area (Å²) in [6.45, 7) is 1.52. The average Bonchev–Trinajstić information content (AvgIpc) is 2.46. The van der Waals surface area contributed by atoms with E-state index in [1.807, 2.05) is 4.90 Å². The third kappa shape index (κ3) is 2.03. The van der Waals surface area contributed by atoms with Crippen molar-refractivity contribution < 1.29 is 8.42 Å². The number of aliphatic imine (C=N–C) groups is 1. The number of hydrogen-bond acceptors (Lipinski definition) is 4. The number of rotatable bonds is 0. The van der Waals surface area contributed by atoms with Gasteiger partial charge in [0.05, 0.1) is 6.20 Å². The number of sulfone groups is 1. The number of halogens is 1. The van der Waals surface area contributed by atoms with Crippen molar-refractivity contribution in [1.29, 1.82) is 0 Å². The van der Waals surface area contributed by atoms with Crippen molar-refractivity contribution in [2.24, 2.45) is 4.99 Å². The molecule has 0 unspecified atom stereocenters. The van der Waals surface area contributed by atoms with E-state index in [9.17, 15) is 8.42 Å². The zero-order valence-corrected chi connectivity index (χ0v) is 9.89. The Kier molecular flexibility index (Phi) is 3.02. The first-order valence-electron chi connectivity index (χ1n) is 5.06. The highest BCUT2D eigenvalue weighted by molar-refractivity contribution is 8.11. The summed E-state index contributed by atoms with van der Waals surface area (Å²) in [6.07, 6.45) is 5.57. The van der Waals surface area contributed by atoms with Crippen molar-refractivity contribution in [2.75, 3.05) is 13.1 Å². The smallest absolute Gasteiger partial charge is 0.252 e. The Morgan fingerprint density at radius 3 is 2.27 bits per heavy atom. The number of nitrogens with zero attached hydrogens (tertiary/aromatic N) is 2. The van der Waals surface area contributed by atoms with Crippen LogP contribution in [0.1, 0.15) is 25.7 Å². The van der Waals surface area contributed by atoms with E-state index in [-0.39, 0.29) is 9.53 Å². The van der Waals surface area contributed by atoms with E-state index in [2.05, 4.69) is 4.99 Å². The van der Waals surface area contributed by atoms with Gasteiger partial charge in [0.25, 0.3) is 9.84 Å². The van der Waals surface area contributed by atoms with Gasteiger partial charge in [-0.05, 0) is 12.8 Å². The first-order chi connectivity index (χ1) is 7.12. The lowest BCUT2D eigenvalue weighted by Gasteiger charge is -2.21. The Morgan fingerprint density at radius 1 is 1.20 bits per heavy atom. The van der Waals surface area contributed by atoms with Gasteiger partial charge in [0.15, 0.2) is 4.36 Å². The van der Waals surface area contributed by atoms with Crippen LogP contribution >= 0.6 is 11.6 Å². The Balaban J connectivity index is 2.19. The fourth-order valence-electron chi connectivity index (χ4n) is 1.85. The van der Waals surface area contributed by atoms with E-state index < -0.39 is 9.84 Å². The van der Waals surface area contributed by atoms with Crippen LogP contribution in [0.25, 0.3) is 0 Å². The second-order valence-electron chi connectivity index (χ2n) is 3.75. The van der Waals surface area contributed by atoms with Gasteiger partial charge in [0, 0.05) is 13.1 Å². The molecule has 6 heteroatoms. The zero-order chi connectivity index (χ0) is 10.9. The predicted octanol–water partition coefficient (Wildman–Crippen LogP) is 1.68. The summed E-state index contributed by atoms with van der Waals surface area (Å²) in [5.41, 5.74) is 0. The lowest BCUT2D eigenvalue weighted by molar-refractivity contribution is 0.440. The molecule has 0 aromatic rings. The SMILES string of the molecule is O=S1(=O)C(Cl)=CN=C1N1CCCCCC1. The Morgan fingerprint density at radius 2 is 1.80 bits per heavy atom.